The third-order valence-electron chi connectivity index (χ3n) is 5.87. The molecule has 0 radical (unpaired) electrons. The molecule has 0 aromatic heterocycles. The second kappa shape index (κ2) is 8.93. The lowest BCUT2D eigenvalue weighted by Crippen LogP contribution is -2.35. The molecule has 0 aliphatic heterocycles. The minimum absolute atomic E-state index is 0.0122. The molecule has 0 saturated carbocycles. The zero-order valence-electron chi connectivity index (χ0n) is 18.1. The minimum atomic E-state index is -1.09. The maximum absolute atomic E-state index is 12.0. The van der Waals surface area contributed by atoms with Crippen LogP contribution in [0.1, 0.15) is 73.4 Å². The largest absolute Gasteiger partial charge is 0.496 e. The van der Waals surface area contributed by atoms with Crippen molar-refractivity contribution in [3.05, 3.63) is 63.7 Å². The Kier molecular flexibility index (Phi) is 7.11. The van der Waals surface area contributed by atoms with Crippen molar-refractivity contribution in [3.63, 3.8) is 0 Å². The van der Waals surface area contributed by atoms with Crippen LogP contribution in [0.2, 0.25) is 0 Å². The van der Waals surface area contributed by atoms with Gasteiger partial charge in [0, 0.05) is 5.56 Å². The molecule has 0 fully saturated rings. The summed E-state index contributed by atoms with van der Waals surface area (Å²) < 4.78 is 5.78. The van der Waals surface area contributed by atoms with Crippen molar-refractivity contribution < 1.29 is 9.84 Å². The number of benzene rings is 2. The number of unbranched alkanes of at least 4 members (excludes halogenated alkanes) is 2. The van der Waals surface area contributed by atoms with Gasteiger partial charge in [0.25, 0.3) is 0 Å². The van der Waals surface area contributed by atoms with E-state index in [0.717, 1.165) is 34.4 Å². The fourth-order valence-corrected chi connectivity index (χ4v) is 4.05. The molecule has 2 heteroatoms. The maximum atomic E-state index is 12.0. The summed E-state index contributed by atoms with van der Waals surface area (Å²) in [6.45, 7) is 12.6. The second-order valence-electron chi connectivity index (χ2n) is 8.12. The first-order chi connectivity index (χ1) is 12.8. The lowest BCUT2D eigenvalue weighted by Gasteiger charge is -2.36. The summed E-state index contributed by atoms with van der Waals surface area (Å²) in [7, 11) is 1.70. The molecular weight excluding hydrogens is 332 g/mol. The highest BCUT2D eigenvalue weighted by atomic mass is 16.5. The van der Waals surface area contributed by atoms with Gasteiger partial charge < -0.3 is 9.84 Å². The molecule has 2 nitrogen and oxygen atoms in total. The van der Waals surface area contributed by atoms with Crippen LogP contribution in [0.3, 0.4) is 0 Å². The van der Waals surface area contributed by atoms with Gasteiger partial charge in [-0.05, 0) is 67.3 Å². The third kappa shape index (κ3) is 4.21. The molecule has 1 unspecified atom stereocenters. The van der Waals surface area contributed by atoms with Gasteiger partial charge in [0.1, 0.15) is 11.4 Å². The Morgan fingerprint density at radius 2 is 1.63 bits per heavy atom. The molecule has 1 atom stereocenters. The summed E-state index contributed by atoms with van der Waals surface area (Å²) in [4.78, 5) is 0. The van der Waals surface area contributed by atoms with Crippen molar-refractivity contribution in [2.24, 2.45) is 5.92 Å². The van der Waals surface area contributed by atoms with Crippen LogP contribution in [0.5, 0.6) is 5.75 Å². The second-order valence-corrected chi connectivity index (χ2v) is 8.12. The highest BCUT2D eigenvalue weighted by molar-refractivity contribution is 5.56. The molecule has 0 heterocycles. The number of hydrogen-bond acceptors (Lipinski definition) is 2. The van der Waals surface area contributed by atoms with Crippen molar-refractivity contribution >= 4 is 0 Å². The van der Waals surface area contributed by atoms with Crippen LogP contribution in [-0.4, -0.2) is 12.2 Å². The van der Waals surface area contributed by atoms with Crippen LogP contribution in [0.15, 0.2) is 30.3 Å². The van der Waals surface area contributed by atoms with E-state index in [-0.39, 0.29) is 5.92 Å². The Bertz CT molecular complexity index is 759. The molecule has 1 N–H and O–H groups in total. The third-order valence-corrected chi connectivity index (χ3v) is 5.87. The van der Waals surface area contributed by atoms with E-state index >= 15 is 0 Å². The molecule has 0 amide bonds. The highest BCUT2D eigenvalue weighted by Gasteiger charge is 2.39. The van der Waals surface area contributed by atoms with E-state index in [1.165, 1.54) is 30.4 Å². The van der Waals surface area contributed by atoms with Crippen LogP contribution < -0.4 is 4.74 Å². The molecule has 0 bridgehead atoms. The average molecular weight is 369 g/mol. The molecule has 27 heavy (non-hydrogen) atoms. The molecule has 148 valence electrons. The van der Waals surface area contributed by atoms with Crippen LogP contribution in [-0.2, 0) is 12.0 Å². The average Bonchev–Trinajstić information content (AvgIpc) is 2.64. The van der Waals surface area contributed by atoms with Gasteiger partial charge in [-0.2, -0.15) is 0 Å². The fraction of sp³-hybridized carbons (Fsp3) is 0.520. The Labute approximate surface area is 165 Å². The number of aliphatic hydroxyl groups is 1. The van der Waals surface area contributed by atoms with Crippen LogP contribution in [0.25, 0.3) is 0 Å². The number of hydrogen-bond donors (Lipinski definition) is 1. The SMILES string of the molecule is CCCCCc1ccc(C(O)(c2c(C)cc(C)c(C)c2OC)C(C)C)cc1. The number of ether oxygens (including phenoxy) is 1. The van der Waals surface area contributed by atoms with Gasteiger partial charge in [-0.3, -0.25) is 0 Å². The first-order valence-corrected chi connectivity index (χ1v) is 10.2. The van der Waals surface area contributed by atoms with E-state index in [2.05, 4.69) is 71.9 Å². The normalized spacial score (nSPS) is 13.7. The maximum Gasteiger partial charge on any atom is 0.128 e. The Hall–Kier alpha value is -1.80. The monoisotopic (exact) mass is 368 g/mol. The molecule has 2 aromatic carbocycles. The highest BCUT2D eigenvalue weighted by Crippen LogP contribution is 2.45. The molecular formula is C25H36O2. The van der Waals surface area contributed by atoms with E-state index in [0.29, 0.717) is 0 Å². The van der Waals surface area contributed by atoms with Gasteiger partial charge in [-0.15, -0.1) is 0 Å². The predicted molar refractivity (Wildman–Crippen MR) is 115 cm³/mol. The first-order valence-electron chi connectivity index (χ1n) is 10.2. The lowest BCUT2D eigenvalue weighted by atomic mass is 9.74. The first kappa shape index (κ1) is 21.5. The summed E-state index contributed by atoms with van der Waals surface area (Å²) in [5, 5.41) is 12.0. The summed E-state index contributed by atoms with van der Waals surface area (Å²) in [6, 6.07) is 10.7. The predicted octanol–water partition coefficient (Wildman–Crippen LogP) is 6.25. The van der Waals surface area contributed by atoms with Crippen LogP contribution in [0.4, 0.5) is 0 Å². The van der Waals surface area contributed by atoms with Crippen molar-refractivity contribution in [1.82, 2.24) is 0 Å². The lowest BCUT2D eigenvalue weighted by molar-refractivity contribution is 0.0287. The summed E-state index contributed by atoms with van der Waals surface area (Å²) >= 11 is 0. The fourth-order valence-electron chi connectivity index (χ4n) is 4.05. The van der Waals surface area contributed by atoms with Gasteiger partial charge in [-0.1, -0.05) is 63.9 Å². The molecule has 0 aliphatic carbocycles. The smallest absolute Gasteiger partial charge is 0.128 e. The zero-order valence-corrected chi connectivity index (χ0v) is 18.1. The number of rotatable bonds is 8. The van der Waals surface area contributed by atoms with Crippen LogP contribution in [0, 0.1) is 26.7 Å². The van der Waals surface area contributed by atoms with Crippen LogP contribution >= 0.6 is 0 Å². The molecule has 2 aromatic rings. The molecule has 0 spiro atoms. The summed E-state index contributed by atoms with van der Waals surface area (Å²) in [6.07, 6.45) is 4.81. The Balaban J connectivity index is 2.55. The van der Waals surface area contributed by atoms with E-state index in [1.807, 2.05) is 0 Å². The van der Waals surface area contributed by atoms with Crippen molar-refractivity contribution in [2.75, 3.05) is 7.11 Å². The van der Waals surface area contributed by atoms with Gasteiger partial charge in [0.15, 0.2) is 0 Å². The van der Waals surface area contributed by atoms with Gasteiger partial charge in [0.2, 0.25) is 0 Å². The van der Waals surface area contributed by atoms with Crippen molar-refractivity contribution in [3.8, 4) is 5.75 Å². The molecule has 0 saturated heterocycles. The number of aryl methyl sites for hydroxylation is 3. The standard InChI is InChI=1S/C25H36O2/c1-8-9-10-11-21-12-14-22(15-13-21)25(26,17(2)3)23-19(5)16-18(4)20(6)24(23)27-7/h12-17,26H,8-11H2,1-7H3. The molecule has 2 rings (SSSR count). The van der Waals surface area contributed by atoms with Gasteiger partial charge in [-0.25, -0.2) is 0 Å². The summed E-state index contributed by atoms with van der Waals surface area (Å²) in [5.41, 5.74) is 5.41. The van der Waals surface area contributed by atoms with E-state index < -0.39 is 5.60 Å². The van der Waals surface area contributed by atoms with Gasteiger partial charge in [0.05, 0.1) is 7.11 Å². The van der Waals surface area contributed by atoms with E-state index in [9.17, 15) is 5.11 Å². The Morgan fingerprint density at radius 3 is 2.15 bits per heavy atom. The van der Waals surface area contributed by atoms with Gasteiger partial charge >= 0.3 is 0 Å². The zero-order chi connectivity index (χ0) is 20.2. The quantitative estimate of drug-likeness (QED) is 0.558. The summed E-state index contributed by atoms with van der Waals surface area (Å²) in [5.74, 6) is 0.814. The minimum Gasteiger partial charge on any atom is -0.496 e. The van der Waals surface area contributed by atoms with Crippen molar-refractivity contribution in [2.45, 2.75) is 72.8 Å². The Morgan fingerprint density at radius 1 is 1.00 bits per heavy atom. The van der Waals surface area contributed by atoms with Crippen molar-refractivity contribution in [1.29, 1.82) is 0 Å². The number of methoxy groups -OCH3 is 1. The van der Waals surface area contributed by atoms with E-state index in [1.54, 1.807) is 7.11 Å². The molecule has 0 aliphatic rings. The van der Waals surface area contributed by atoms with E-state index in [4.69, 9.17) is 4.74 Å². The topological polar surface area (TPSA) is 29.5 Å².